The molecule has 1 saturated carbocycles. The number of rotatable bonds is 4. The Bertz CT molecular complexity index is 737. The number of hydrogen-bond acceptors (Lipinski definition) is 5. The first kappa shape index (κ1) is 16.0. The summed E-state index contributed by atoms with van der Waals surface area (Å²) in [7, 11) is 1.29. The smallest absolute Gasteiger partial charge is 0.337 e. The second-order valence-electron chi connectivity index (χ2n) is 5.82. The maximum atomic E-state index is 12.4. The lowest BCUT2D eigenvalue weighted by molar-refractivity contribution is -0.384. The molecular formula is C16H17N3O5. The first-order valence-electron chi connectivity index (χ1n) is 7.57. The van der Waals surface area contributed by atoms with Crippen LogP contribution in [0.4, 0.5) is 10.5 Å². The van der Waals surface area contributed by atoms with Crippen molar-refractivity contribution < 1.29 is 19.2 Å². The van der Waals surface area contributed by atoms with Crippen LogP contribution in [-0.4, -0.2) is 35.0 Å². The predicted molar refractivity (Wildman–Crippen MR) is 83.9 cm³/mol. The van der Waals surface area contributed by atoms with Gasteiger partial charge in [0.15, 0.2) is 0 Å². The zero-order valence-electron chi connectivity index (χ0n) is 13.3. The monoisotopic (exact) mass is 331 g/mol. The summed E-state index contributed by atoms with van der Waals surface area (Å²) in [6.07, 6.45) is 1.81. The normalized spacial score (nSPS) is 20.7. The van der Waals surface area contributed by atoms with Crippen molar-refractivity contribution in [1.82, 2.24) is 10.2 Å². The number of carbonyl (C=O) groups is 2. The Hall–Kier alpha value is -2.90. The summed E-state index contributed by atoms with van der Waals surface area (Å²) in [5.41, 5.74) is 1.44. The largest absolute Gasteiger partial charge is 0.466 e. The van der Waals surface area contributed by atoms with E-state index in [9.17, 15) is 19.7 Å². The highest BCUT2D eigenvalue weighted by atomic mass is 16.6. The Kier molecular flexibility index (Phi) is 3.96. The van der Waals surface area contributed by atoms with Gasteiger partial charge in [0.05, 0.1) is 23.6 Å². The highest BCUT2D eigenvalue weighted by Gasteiger charge is 2.42. The number of nitro benzene ring substituents is 1. The topological polar surface area (TPSA) is 102 Å². The number of hydrogen-bond donors (Lipinski definition) is 1. The third kappa shape index (κ3) is 2.70. The molecule has 1 heterocycles. The average molecular weight is 331 g/mol. The fourth-order valence-corrected chi connectivity index (χ4v) is 2.94. The lowest BCUT2D eigenvalue weighted by atomic mass is 9.94. The van der Waals surface area contributed by atoms with Crippen LogP contribution in [-0.2, 0) is 9.53 Å². The van der Waals surface area contributed by atoms with Crippen molar-refractivity contribution in [2.45, 2.75) is 31.8 Å². The summed E-state index contributed by atoms with van der Waals surface area (Å²) in [6.45, 7) is 1.72. The van der Waals surface area contributed by atoms with E-state index < -0.39 is 16.9 Å². The second kappa shape index (κ2) is 5.95. The van der Waals surface area contributed by atoms with Crippen LogP contribution in [0.15, 0.2) is 35.5 Å². The highest BCUT2D eigenvalue weighted by Crippen LogP contribution is 2.38. The van der Waals surface area contributed by atoms with Gasteiger partial charge < -0.3 is 10.1 Å². The van der Waals surface area contributed by atoms with Gasteiger partial charge in [0, 0.05) is 23.9 Å². The van der Waals surface area contributed by atoms with E-state index in [0.29, 0.717) is 16.8 Å². The van der Waals surface area contributed by atoms with Crippen LogP contribution in [0, 0.1) is 10.1 Å². The fraction of sp³-hybridized carbons (Fsp3) is 0.375. The van der Waals surface area contributed by atoms with E-state index in [1.165, 1.54) is 31.4 Å². The number of non-ortho nitro benzene ring substituents is 1. The molecule has 0 radical (unpaired) electrons. The van der Waals surface area contributed by atoms with Gasteiger partial charge in [-0.05, 0) is 37.5 Å². The van der Waals surface area contributed by atoms with E-state index in [-0.39, 0.29) is 17.8 Å². The predicted octanol–water partition coefficient (Wildman–Crippen LogP) is 2.27. The molecule has 8 heteroatoms. The Morgan fingerprint density at radius 2 is 1.96 bits per heavy atom. The van der Waals surface area contributed by atoms with E-state index in [1.54, 1.807) is 11.8 Å². The van der Waals surface area contributed by atoms with Crippen molar-refractivity contribution in [2.75, 3.05) is 7.11 Å². The van der Waals surface area contributed by atoms with Gasteiger partial charge in [-0.25, -0.2) is 9.59 Å². The molecule has 126 valence electrons. The molecule has 3 rings (SSSR count). The van der Waals surface area contributed by atoms with Gasteiger partial charge in [0.25, 0.3) is 5.69 Å². The van der Waals surface area contributed by atoms with Gasteiger partial charge in [-0.15, -0.1) is 0 Å². The van der Waals surface area contributed by atoms with Crippen molar-refractivity contribution in [3.8, 4) is 0 Å². The van der Waals surface area contributed by atoms with Crippen molar-refractivity contribution in [1.29, 1.82) is 0 Å². The van der Waals surface area contributed by atoms with Gasteiger partial charge in [0.2, 0.25) is 0 Å². The van der Waals surface area contributed by atoms with Crippen LogP contribution < -0.4 is 5.32 Å². The van der Waals surface area contributed by atoms with Crippen LogP contribution >= 0.6 is 0 Å². The molecule has 0 bridgehead atoms. The molecule has 24 heavy (non-hydrogen) atoms. The van der Waals surface area contributed by atoms with E-state index >= 15 is 0 Å². The van der Waals surface area contributed by atoms with Gasteiger partial charge in [-0.2, -0.15) is 0 Å². The number of allylic oxidation sites excluding steroid dienone is 1. The molecule has 2 aliphatic rings. The number of methoxy groups -OCH3 is 1. The van der Waals surface area contributed by atoms with Crippen molar-refractivity contribution in [3.63, 3.8) is 0 Å². The van der Waals surface area contributed by atoms with E-state index in [2.05, 4.69) is 5.32 Å². The minimum atomic E-state index is -0.694. The number of esters is 1. The van der Waals surface area contributed by atoms with Crippen molar-refractivity contribution >= 4 is 17.7 Å². The van der Waals surface area contributed by atoms with Crippen LogP contribution in [0.1, 0.15) is 31.4 Å². The molecule has 8 nitrogen and oxygen atoms in total. The van der Waals surface area contributed by atoms with Gasteiger partial charge >= 0.3 is 12.0 Å². The van der Waals surface area contributed by atoms with Crippen molar-refractivity contribution in [2.24, 2.45) is 0 Å². The first-order chi connectivity index (χ1) is 11.4. The summed E-state index contributed by atoms with van der Waals surface area (Å²) in [5, 5.41) is 13.6. The summed E-state index contributed by atoms with van der Waals surface area (Å²) in [6, 6.07) is 4.91. The van der Waals surface area contributed by atoms with Crippen molar-refractivity contribution in [3.05, 3.63) is 51.2 Å². The number of urea groups is 1. The van der Waals surface area contributed by atoms with Crippen LogP contribution in [0.2, 0.25) is 0 Å². The number of carbonyl (C=O) groups excluding carboxylic acids is 2. The summed E-state index contributed by atoms with van der Waals surface area (Å²) >= 11 is 0. The maximum Gasteiger partial charge on any atom is 0.337 e. The Balaban J connectivity index is 2.03. The standard InChI is InChI=1S/C16H17N3O5/c1-9-13(15(20)24-2)14(17-16(21)18(9)11-7-8-11)10-3-5-12(6-4-10)19(22)23/h3-6,11,14H,7-8H2,1-2H3,(H,17,21)/t14-/m0/s1. The third-order valence-corrected chi connectivity index (χ3v) is 4.28. The molecule has 2 amide bonds. The summed E-state index contributed by atoms with van der Waals surface area (Å²) in [5.74, 6) is -0.526. The minimum absolute atomic E-state index is 0.0548. The van der Waals surface area contributed by atoms with Crippen LogP contribution in [0.25, 0.3) is 0 Å². The van der Waals surface area contributed by atoms with Gasteiger partial charge in [-0.1, -0.05) is 0 Å². The fourth-order valence-electron chi connectivity index (χ4n) is 2.94. The highest BCUT2D eigenvalue weighted by molar-refractivity contribution is 5.95. The lowest BCUT2D eigenvalue weighted by Gasteiger charge is -2.35. The molecule has 1 aliphatic carbocycles. The minimum Gasteiger partial charge on any atom is -0.466 e. The number of amides is 2. The lowest BCUT2D eigenvalue weighted by Crippen LogP contribution is -2.48. The third-order valence-electron chi connectivity index (χ3n) is 4.28. The second-order valence-corrected chi connectivity index (χ2v) is 5.82. The molecule has 1 atom stereocenters. The molecule has 1 aliphatic heterocycles. The van der Waals surface area contributed by atoms with E-state index in [0.717, 1.165) is 12.8 Å². The molecule has 0 unspecified atom stereocenters. The molecule has 0 aromatic heterocycles. The Labute approximate surface area is 138 Å². The number of nitrogens with one attached hydrogen (secondary N) is 1. The van der Waals surface area contributed by atoms with E-state index in [1.807, 2.05) is 0 Å². The summed E-state index contributed by atoms with van der Waals surface area (Å²) < 4.78 is 4.87. The maximum absolute atomic E-state index is 12.4. The summed E-state index contributed by atoms with van der Waals surface area (Å²) in [4.78, 5) is 36.6. The first-order valence-corrected chi connectivity index (χ1v) is 7.57. The number of benzene rings is 1. The molecule has 0 spiro atoms. The Morgan fingerprint density at radius 1 is 1.33 bits per heavy atom. The van der Waals surface area contributed by atoms with Gasteiger partial charge in [0.1, 0.15) is 0 Å². The van der Waals surface area contributed by atoms with E-state index in [4.69, 9.17) is 4.74 Å². The SMILES string of the molecule is COC(=O)C1=C(C)N(C2CC2)C(=O)N[C@H]1c1ccc([N+](=O)[O-])cc1. The molecular weight excluding hydrogens is 314 g/mol. The molecule has 1 N–H and O–H groups in total. The molecule has 1 aromatic rings. The number of ether oxygens (including phenoxy) is 1. The zero-order chi connectivity index (χ0) is 17.4. The molecule has 1 fully saturated rings. The zero-order valence-corrected chi connectivity index (χ0v) is 13.3. The molecule has 0 saturated heterocycles. The van der Waals surface area contributed by atoms with Crippen LogP contribution in [0.5, 0.6) is 0 Å². The Morgan fingerprint density at radius 3 is 2.46 bits per heavy atom. The molecule has 1 aromatic carbocycles. The quantitative estimate of drug-likeness (QED) is 0.518. The number of nitrogens with zero attached hydrogens (tertiary/aromatic N) is 2. The average Bonchev–Trinajstić information content (AvgIpc) is 3.38. The van der Waals surface area contributed by atoms with Gasteiger partial charge in [-0.3, -0.25) is 15.0 Å². The van der Waals surface area contributed by atoms with Crippen LogP contribution in [0.3, 0.4) is 0 Å². The number of nitro groups is 1.